The van der Waals surface area contributed by atoms with E-state index < -0.39 is 0 Å². The quantitative estimate of drug-likeness (QED) is 0.846. The summed E-state index contributed by atoms with van der Waals surface area (Å²) in [5.74, 6) is 0.288. The van der Waals surface area contributed by atoms with Gasteiger partial charge >= 0.3 is 5.97 Å². The molecule has 0 radical (unpaired) electrons. The maximum absolute atomic E-state index is 11.6. The normalized spacial score (nSPS) is 19.6. The lowest BCUT2D eigenvalue weighted by Gasteiger charge is -2.45. The van der Waals surface area contributed by atoms with Crippen LogP contribution in [0.5, 0.6) is 0 Å². The first-order valence-electron chi connectivity index (χ1n) is 6.95. The minimum Gasteiger partial charge on any atom is -0.462 e. The van der Waals surface area contributed by atoms with Crippen molar-refractivity contribution in [2.45, 2.75) is 39.7 Å². The molecule has 1 atom stereocenters. The van der Waals surface area contributed by atoms with Gasteiger partial charge in [0.15, 0.2) is 0 Å². The van der Waals surface area contributed by atoms with Crippen LogP contribution in [0, 0.1) is 11.3 Å². The molecule has 0 amide bonds. The molecular formula is C16H23NO2. The molecule has 0 spiro atoms. The molecule has 1 aliphatic rings. The SMILES string of the molecule is CCOC(=O)c1ccc(C(N)C2CC(C)(C)C2)cc1. The Labute approximate surface area is 115 Å². The number of hydrogen-bond acceptors (Lipinski definition) is 3. The van der Waals surface area contributed by atoms with E-state index in [4.69, 9.17) is 10.5 Å². The molecule has 0 heterocycles. The van der Waals surface area contributed by atoms with Gasteiger partial charge in [-0.05, 0) is 48.8 Å². The van der Waals surface area contributed by atoms with Crippen molar-refractivity contribution >= 4 is 5.97 Å². The van der Waals surface area contributed by atoms with Crippen molar-refractivity contribution in [1.29, 1.82) is 0 Å². The van der Waals surface area contributed by atoms with Crippen LogP contribution in [-0.2, 0) is 4.74 Å². The second kappa shape index (κ2) is 5.33. The number of esters is 1. The molecule has 1 saturated carbocycles. The number of ether oxygens (including phenoxy) is 1. The standard InChI is InChI=1S/C16H23NO2/c1-4-19-15(18)12-7-5-11(6-8-12)14(17)13-9-16(2,3)10-13/h5-8,13-14H,4,9-10,17H2,1-3H3. The molecule has 2 rings (SSSR count). The van der Waals surface area contributed by atoms with Gasteiger partial charge in [-0.3, -0.25) is 0 Å². The second-order valence-electron chi connectivity index (χ2n) is 6.20. The van der Waals surface area contributed by atoms with Crippen LogP contribution in [0.25, 0.3) is 0 Å². The Kier molecular flexibility index (Phi) is 3.95. The number of nitrogens with two attached hydrogens (primary N) is 1. The third-order valence-corrected chi connectivity index (χ3v) is 3.94. The van der Waals surface area contributed by atoms with Gasteiger partial charge in [-0.15, -0.1) is 0 Å². The molecule has 2 N–H and O–H groups in total. The average molecular weight is 261 g/mol. The Bertz CT molecular complexity index is 442. The third kappa shape index (κ3) is 3.16. The first-order valence-corrected chi connectivity index (χ1v) is 6.95. The monoisotopic (exact) mass is 261 g/mol. The van der Waals surface area contributed by atoms with Crippen molar-refractivity contribution in [3.8, 4) is 0 Å². The van der Waals surface area contributed by atoms with Gasteiger partial charge in [0.05, 0.1) is 12.2 Å². The van der Waals surface area contributed by atoms with Crippen LogP contribution in [0.2, 0.25) is 0 Å². The van der Waals surface area contributed by atoms with Crippen molar-refractivity contribution in [1.82, 2.24) is 0 Å². The molecule has 3 heteroatoms. The summed E-state index contributed by atoms with van der Waals surface area (Å²) >= 11 is 0. The lowest BCUT2D eigenvalue weighted by Crippen LogP contribution is -2.38. The van der Waals surface area contributed by atoms with E-state index in [9.17, 15) is 4.79 Å². The Morgan fingerprint density at radius 3 is 2.42 bits per heavy atom. The van der Waals surface area contributed by atoms with Crippen molar-refractivity contribution < 1.29 is 9.53 Å². The summed E-state index contributed by atoms with van der Waals surface area (Å²) in [6, 6.07) is 7.57. The molecule has 0 bridgehead atoms. The zero-order chi connectivity index (χ0) is 14.0. The largest absolute Gasteiger partial charge is 0.462 e. The molecule has 1 aromatic carbocycles. The van der Waals surface area contributed by atoms with Gasteiger partial charge in [-0.2, -0.15) is 0 Å². The summed E-state index contributed by atoms with van der Waals surface area (Å²) in [4.78, 5) is 11.6. The highest BCUT2D eigenvalue weighted by Crippen LogP contribution is 2.49. The van der Waals surface area contributed by atoms with Gasteiger partial charge in [0.2, 0.25) is 0 Å². The highest BCUT2D eigenvalue weighted by atomic mass is 16.5. The van der Waals surface area contributed by atoms with Gasteiger partial charge in [0.25, 0.3) is 0 Å². The fourth-order valence-electron chi connectivity index (χ4n) is 2.94. The van der Waals surface area contributed by atoms with Crippen LogP contribution in [0.4, 0.5) is 0 Å². The molecule has 1 aliphatic carbocycles. The molecule has 0 aliphatic heterocycles. The van der Waals surface area contributed by atoms with Crippen molar-refractivity contribution in [2.24, 2.45) is 17.1 Å². The van der Waals surface area contributed by atoms with E-state index in [1.165, 1.54) is 12.8 Å². The lowest BCUT2D eigenvalue weighted by atomic mass is 9.61. The topological polar surface area (TPSA) is 52.3 Å². The molecule has 1 unspecified atom stereocenters. The molecule has 3 nitrogen and oxygen atoms in total. The van der Waals surface area contributed by atoms with E-state index in [2.05, 4.69) is 13.8 Å². The van der Waals surface area contributed by atoms with Gasteiger partial charge in [0.1, 0.15) is 0 Å². The Morgan fingerprint density at radius 2 is 1.95 bits per heavy atom. The Morgan fingerprint density at radius 1 is 1.37 bits per heavy atom. The Balaban J connectivity index is 2.00. The van der Waals surface area contributed by atoms with Gasteiger partial charge < -0.3 is 10.5 Å². The molecule has 19 heavy (non-hydrogen) atoms. The predicted octanol–water partition coefficient (Wildman–Crippen LogP) is 3.30. The highest BCUT2D eigenvalue weighted by molar-refractivity contribution is 5.89. The van der Waals surface area contributed by atoms with E-state index in [1.807, 2.05) is 12.1 Å². The molecule has 0 aromatic heterocycles. The molecule has 1 fully saturated rings. The maximum Gasteiger partial charge on any atom is 0.338 e. The number of rotatable bonds is 4. The maximum atomic E-state index is 11.6. The molecule has 104 valence electrons. The van der Waals surface area contributed by atoms with Crippen LogP contribution in [0.1, 0.15) is 55.6 Å². The number of carbonyl (C=O) groups is 1. The highest BCUT2D eigenvalue weighted by Gasteiger charge is 2.39. The smallest absolute Gasteiger partial charge is 0.338 e. The van der Waals surface area contributed by atoms with E-state index in [0.29, 0.717) is 23.5 Å². The van der Waals surface area contributed by atoms with Crippen LogP contribution in [-0.4, -0.2) is 12.6 Å². The minimum atomic E-state index is -0.271. The fourth-order valence-corrected chi connectivity index (χ4v) is 2.94. The third-order valence-electron chi connectivity index (χ3n) is 3.94. The summed E-state index contributed by atoms with van der Waals surface area (Å²) < 4.78 is 4.97. The number of benzene rings is 1. The first-order chi connectivity index (χ1) is 8.93. The fraction of sp³-hybridized carbons (Fsp3) is 0.562. The van der Waals surface area contributed by atoms with E-state index in [0.717, 1.165) is 5.56 Å². The Hall–Kier alpha value is -1.35. The minimum absolute atomic E-state index is 0.0734. The van der Waals surface area contributed by atoms with E-state index in [-0.39, 0.29) is 12.0 Å². The lowest BCUT2D eigenvalue weighted by molar-refractivity contribution is 0.0526. The van der Waals surface area contributed by atoms with Crippen molar-refractivity contribution in [2.75, 3.05) is 6.61 Å². The average Bonchev–Trinajstić information content (AvgIpc) is 2.35. The predicted molar refractivity (Wildman–Crippen MR) is 75.8 cm³/mol. The summed E-state index contributed by atoms with van der Waals surface area (Å²) in [5, 5.41) is 0. The first kappa shape index (κ1) is 14.1. The van der Waals surface area contributed by atoms with E-state index in [1.54, 1.807) is 19.1 Å². The van der Waals surface area contributed by atoms with Crippen molar-refractivity contribution in [3.05, 3.63) is 35.4 Å². The van der Waals surface area contributed by atoms with Gasteiger partial charge in [0, 0.05) is 6.04 Å². The van der Waals surface area contributed by atoms with Crippen LogP contribution < -0.4 is 5.73 Å². The van der Waals surface area contributed by atoms with Crippen LogP contribution in [0.15, 0.2) is 24.3 Å². The zero-order valence-corrected chi connectivity index (χ0v) is 12.0. The number of hydrogen-bond donors (Lipinski definition) is 1. The van der Waals surface area contributed by atoms with Crippen LogP contribution >= 0.6 is 0 Å². The van der Waals surface area contributed by atoms with Crippen molar-refractivity contribution in [3.63, 3.8) is 0 Å². The summed E-state index contributed by atoms with van der Waals surface area (Å²) in [7, 11) is 0. The number of carbonyl (C=O) groups excluding carboxylic acids is 1. The van der Waals surface area contributed by atoms with Gasteiger partial charge in [-0.1, -0.05) is 26.0 Å². The zero-order valence-electron chi connectivity index (χ0n) is 12.0. The van der Waals surface area contributed by atoms with E-state index >= 15 is 0 Å². The second-order valence-corrected chi connectivity index (χ2v) is 6.20. The summed E-state index contributed by atoms with van der Waals surface area (Å²) in [6.45, 7) is 6.76. The van der Waals surface area contributed by atoms with Crippen LogP contribution in [0.3, 0.4) is 0 Å². The molecular weight excluding hydrogens is 238 g/mol. The van der Waals surface area contributed by atoms with Gasteiger partial charge in [-0.25, -0.2) is 4.79 Å². The summed E-state index contributed by atoms with van der Waals surface area (Å²) in [6.07, 6.45) is 2.35. The molecule has 1 aromatic rings. The summed E-state index contributed by atoms with van der Waals surface area (Å²) in [5.41, 5.74) is 8.42. The molecule has 0 saturated heterocycles.